The first kappa shape index (κ1) is 17.4. The van der Waals surface area contributed by atoms with Crippen molar-refractivity contribution in [2.45, 2.75) is 37.3 Å². The van der Waals surface area contributed by atoms with Crippen molar-refractivity contribution in [2.24, 2.45) is 11.0 Å². The van der Waals surface area contributed by atoms with Crippen molar-refractivity contribution >= 4 is 17.3 Å². The van der Waals surface area contributed by atoms with Gasteiger partial charge in [-0.25, -0.2) is 23.8 Å². The lowest BCUT2D eigenvalue weighted by molar-refractivity contribution is 0.168. The van der Waals surface area contributed by atoms with E-state index in [-0.39, 0.29) is 5.82 Å². The second kappa shape index (κ2) is 5.91. The van der Waals surface area contributed by atoms with E-state index in [0.29, 0.717) is 29.0 Å². The molecular weight excluding hydrogens is 402 g/mol. The summed E-state index contributed by atoms with van der Waals surface area (Å²) in [6.07, 6.45) is 7.60. The number of fused-ring (bicyclic) bond motifs is 2. The summed E-state index contributed by atoms with van der Waals surface area (Å²) >= 11 is 0. The van der Waals surface area contributed by atoms with E-state index >= 15 is 0 Å². The Morgan fingerprint density at radius 3 is 2.87 bits per heavy atom. The van der Waals surface area contributed by atoms with E-state index in [1.165, 1.54) is 18.2 Å². The van der Waals surface area contributed by atoms with Crippen molar-refractivity contribution < 1.29 is 8.78 Å². The minimum absolute atomic E-state index is 0.309. The summed E-state index contributed by atoms with van der Waals surface area (Å²) in [6.45, 7) is 0.753. The quantitative estimate of drug-likeness (QED) is 0.672. The summed E-state index contributed by atoms with van der Waals surface area (Å²) in [5.74, 6) is 0.940. The molecule has 1 saturated heterocycles. The second-order valence-electron chi connectivity index (χ2n) is 8.78. The first-order valence-electron chi connectivity index (χ1n) is 10.6. The number of aromatic nitrogens is 3. The standard InChI is InChI=1S/C21H20F2N8/c22-13-1-4-17(23)16(9-13)21-10-12(21)5-7-29(21)18-6-8-30-20(25-18)15(11-24-30)19-26-28-31(27-19)14-2-3-14/h1,4,6,8-9,11-12,14,28H,2-3,5,7,10H2,(H,26,27)/t12-,21+/m0/s1. The third-order valence-electron chi connectivity index (χ3n) is 6.94. The van der Waals surface area contributed by atoms with Crippen LogP contribution in [0.15, 0.2) is 41.8 Å². The van der Waals surface area contributed by atoms with Crippen molar-refractivity contribution in [3.05, 3.63) is 59.4 Å². The summed E-state index contributed by atoms with van der Waals surface area (Å²) in [4.78, 5) is 7.02. The van der Waals surface area contributed by atoms with Gasteiger partial charge in [-0.3, -0.25) is 5.43 Å². The number of hydrogen-bond acceptors (Lipinski definition) is 7. The molecule has 3 aromatic rings. The molecule has 0 amide bonds. The Morgan fingerprint density at radius 1 is 1.13 bits per heavy atom. The van der Waals surface area contributed by atoms with E-state index in [1.54, 1.807) is 10.7 Å². The Kier molecular flexibility index (Phi) is 3.32. The fourth-order valence-corrected chi connectivity index (χ4v) is 5.17. The maximum atomic E-state index is 14.7. The van der Waals surface area contributed by atoms with Crippen LogP contribution in [0.3, 0.4) is 0 Å². The number of nitrogens with zero attached hydrogens (tertiary/aromatic N) is 6. The Morgan fingerprint density at radius 2 is 2.03 bits per heavy atom. The van der Waals surface area contributed by atoms with Gasteiger partial charge in [0.25, 0.3) is 0 Å². The molecule has 2 atom stereocenters. The number of hydrogen-bond donors (Lipinski definition) is 2. The van der Waals surface area contributed by atoms with Gasteiger partial charge in [-0.2, -0.15) is 5.10 Å². The molecule has 3 fully saturated rings. The summed E-state index contributed by atoms with van der Waals surface area (Å²) in [5, 5.41) is 10.7. The minimum Gasteiger partial charge on any atom is -0.346 e. The smallest absolute Gasteiger partial charge is 0.176 e. The van der Waals surface area contributed by atoms with Crippen LogP contribution < -0.4 is 15.9 Å². The normalized spacial score (nSPS) is 27.2. The average molecular weight is 422 g/mol. The maximum Gasteiger partial charge on any atom is 0.176 e. The zero-order valence-electron chi connectivity index (χ0n) is 16.6. The Labute approximate surface area is 176 Å². The van der Waals surface area contributed by atoms with Crippen molar-refractivity contribution in [1.82, 2.24) is 30.7 Å². The molecule has 10 heteroatoms. The van der Waals surface area contributed by atoms with Gasteiger partial charge in [-0.05, 0) is 55.9 Å². The van der Waals surface area contributed by atoms with E-state index < -0.39 is 11.4 Å². The van der Waals surface area contributed by atoms with Crippen LogP contribution in [-0.2, 0) is 5.54 Å². The van der Waals surface area contributed by atoms with Gasteiger partial charge < -0.3 is 4.90 Å². The first-order valence-corrected chi connectivity index (χ1v) is 10.6. The highest BCUT2D eigenvalue weighted by atomic mass is 19.1. The third-order valence-corrected chi connectivity index (χ3v) is 6.94. The van der Waals surface area contributed by atoms with Crippen molar-refractivity contribution in [3.8, 4) is 0 Å². The van der Waals surface area contributed by atoms with Crippen LogP contribution in [0.1, 0.15) is 36.8 Å². The predicted octanol–water partition coefficient (Wildman–Crippen LogP) is 2.28. The molecule has 0 spiro atoms. The summed E-state index contributed by atoms with van der Waals surface area (Å²) in [5.41, 5.74) is 7.64. The fourth-order valence-electron chi connectivity index (χ4n) is 5.17. The molecule has 0 unspecified atom stereocenters. The summed E-state index contributed by atoms with van der Waals surface area (Å²) < 4.78 is 30.4. The van der Waals surface area contributed by atoms with Crippen molar-refractivity contribution in [2.75, 3.05) is 11.4 Å². The van der Waals surface area contributed by atoms with E-state index in [0.717, 1.165) is 43.6 Å². The van der Waals surface area contributed by atoms with Gasteiger partial charge in [0.15, 0.2) is 11.5 Å². The van der Waals surface area contributed by atoms with Crippen LogP contribution in [0, 0.1) is 17.6 Å². The van der Waals surface area contributed by atoms with E-state index in [1.807, 2.05) is 17.4 Å². The number of rotatable bonds is 4. The van der Waals surface area contributed by atoms with E-state index in [9.17, 15) is 8.78 Å². The number of hydrazone groups is 1. The Bertz CT molecular complexity index is 1250. The van der Waals surface area contributed by atoms with Crippen LogP contribution in [0.25, 0.3) is 5.65 Å². The molecule has 1 aromatic carbocycles. The van der Waals surface area contributed by atoms with Gasteiger partial charge in [-0.1, -0.05) is 0 Å². The molecule has 2 aliphatic carbocycles. The van der Waals surface area contributed by atoms with Gasteiger partial charge in [-0.15, -0.1) is 10.2 Å². The molecule has 2 saturated carbocycles. The third kappa shape index (κ3) is 2.45. The number of hydrazine groups is 2. The molecule has 4 heterocycles. The zero-order valence-corrected chi connectivity index (χ0v) is 16.6. The monoisotopic (exact) mass is 422 g/mol. The summed E-state index contributed by atoms with van der Waals surface area (Å²) in [6, 6.07) is 6.07. The van der Waals surface area contributed by atoms with Gasteiger partial charge >= 0.3 is 0 Å². The highest BCUT2D eigenvalue weighted by Crippen LogP contribution is 2.63. The van der Waals surface area contributed by atoms with Gasteiger partial charge in [0, 0.05) is 18.3 Å². The van der Waals surface area contributed by atoms with Crippen molar-refractivity contribution in [3.63, 3.8) is 0 Å². The first-order chi connectivity index (χ1) is 15.1. The molecular formula is C21H20F2N8. The average Bonchev–Trinajstić information content (AvgIpc) is 3.60. The molecule has 2 aliphatic heterocycles. The maximum absolute atomic E-state index is 14.7. The summed E-state index contributed by atoms with van der Waals surface area (Å²) in [7, 11) is 0. The van der Waals surface area contributed by atoms with Crippen LogP contribution in [0.2, 0.25) is 0 Å². The molecule has 4 aliphatic rings. The number of piperidine rings is 1. The van der Waals surface area contributed by atoms with Crippen molar-refractivity contribution in [1.29, 1.82) is 0 Å². The van der Waals surface area contributed by atoms with Gasteiger partial charge in [0.1, 0.15) is 17.5 Å². The SMILES string of the molecule is Fc1ccc(F)c([C@@]23C[C@@H]2CCN3c2ccn3ncc(C4=NNN(C5CC5)N4)c3n2)c1. The van der Waals surface area contributed by atoms with E-state index in [4.69, 9.17) is 4.98 Å². The Balaban J connectivity index is 1.28. The molecule has 7 rings (SSSR count). The van der Waals surface area contributed by atoms with Crippen LogP contribution >= 0.6 is 0 Å². The minimum atomic E-state index is -0.523. The number of halogens is 2. The molecule has 158 valence electrons. The van der Waals surface area contributed by atoms with E-state index in [2.05, 4.69) is 26.1 Å². The number of benzene rings is 1. The number of amidine groups is 1. The van der Waals surface area contributed by atoms with Crippen LogP contribution in [0.4, 0.5) is 14.6 Å². The largest absolute Gasteiger partial charge is 0.346 e. The molecule has 0 radical (unpaired) electrons. The molecule has 0 bridgehead atoms. The molecule has 2 N–H and O–H groups in total. The highest BCUT2D eigenvalue weighted by Gasteiger charge is 2.64. The lowest BCUT2D eigenvalue weighted by Gasteiger charge is -2.30. The predicted molar refractivity (Wildman–Crippen MR) is 109 cm³/mol. The lowest BCUT2D eigenvalue weighted by Crippen LogP contribution is -2.43. The Hall–Kier alpha value is -3.27. The zero-order chi connectivity index (χ0) is 20.7. The fraction of sp³-hybridized carbons (Fsp3) is 0.381. The number of nitrogens with one attached hydrogen (secondary N) is 2. The molecule has 31 heavy (non-hydrogen) atoms. The second-order valence-corrected chi connectivity index (χ2v) is 8.78. The lowest BCUT2D eigenvalue weighted by atomic mass is 10.0. The van der Waals surface area contributed by atoms with Gasteiger partial charge in [0.2, 0.25) is 0 Å². The molecule has 8 nitrogen and oxygen atoms in total. The molecule has 2 aromatic heterocycles. The topological polar surface area (TPSA) is 73.1 Å². The highest BCUT2D eigenvalue weighted by molar-refractivity contribution is 6.03. The number of anilines is 1. The van der Waals surface area contributed by atoms with Gasteiger partial charge in [0.05, 0.1) is 23.3 Å². The van der Waals surface area contributed by atoms with Crippen LogP contribution in [0.5, 0.6) is 0 Å². The van der Waals surface area contributed by atoms with Crippen LogP contribution in [-0.4, -0.2) is 38.1 Å².